The van der Waals surface area contributed by atoms with Crippen LogP contribution in [-0.2, 0) is 0 Å². The first-order valence-corrected chi connectivity index (χ1v) is 8.13. The fourth-order valence-electron chi connectivity index (χ4n) is 3.12. The van der Waals surface area contributed by atoms with Crippen LogP contribution in [0.5, 0.6) is 0 Å². The molecule has 4 unspecified atom stereocenters. The van der Waals surface area contributed by atoms with Crippen LogP contribution in [0.2, 0.25) is 5.15 Å². The van der Waals surface area contributed by atoms with Gasteiger partial charge in [0.2, 0.25) is 0 Å². The van der Waals surface area contributed by atoms with Crippen LogP contribution in [-0.4, -0.2) is 50.3 Å². The maximum Gasteiger partial charge on any atom is 0.255 e. The summed E-state index contributed by atoms with van der Waals surface area (Å²) in [6.07, 6.45) is 0.216. The van der Waals surface area contributed by atoms with Gasteiger partial charge in [-0.3, -0.25) is 0 Å². The van der Waals surface area contributed by atoms with Gasteiger partial charge in [-0.15, -0.1) is 0 Å². The average molecular weight is 361 g/mol. The van der Waals surface area contributed by atoms with E-state index < -0.39 is 19.1 Å². The van der Waals surface area contributed by atoms with Crippen LogP contribution >= 0.6 is 11.6 Å². The molecule has 2 aliphatic carbocycles. The topological polar surface area (TPSA) is 94.1 Å². The zero-order valence-corrected chi connectivity index (χ0v) is 13.8. The zero-order valence-electron chi connectivity index (χ0n) is 13.0. The molecular formula is C15H19ClF2N4O2. The van der Waals surface area contributed by atoms with Crippen molar-refractivity contribution >= 4 is 28.5 Å². The van der Waals surface area contributed by atoms with Crippen LogP contribution in [0.25, 0.3) is 11.2 Å². The van der Waals surface area contributed by atoms with E-state index >= 15 is 0 Å². The number of imidazole rings is 1. The fraction of sp³-hybridized carbons (Fsp3) is 0.600. The molecule has 9 heteroatoms. The average Bonchev–Trinajstić information content (AvgIpc) is 3.03. The Morgan fingerprint density at radius 1 is 1.42 bits per heavy atom. The summed E-state index contributed by atoms with van der Waals surface area (Å²) >= 11 is 5.87. The lowest BCUT2D eigenvalue weighted by Crippen LogP contribution is -2.22. The molecule has 2 aromatic heterocycles. The molecule has 2 fully saturated rings. The normalized spacial score (nSPS) is 27.8. The minimum Gasteiger partial charge on any atom is -0.390 e. The van der Waals surface area contributed by atoms with E-state index in [2.05, 4.69) is 20.3 Å². The molecule has 2 aromatic rings. The minimum atomic E-state index is -2.43. The van der Waals surface area contributed by atoms with Gasteiger partial charge in [-0.1, -0.05) is 11.6 Å². The number of rotatable bonds is 3. The summed E-state index contributed by atoms with van der Waals surface area (Å²) in [5.41, 5.74) is 2.14. The van der Waals surface area contributed by atoms with Crippen molar-refractivity contribution in [3.05, 3.63) is 17.0 Å². The van der Waals surface area contributed by atoms with Crippen molar-refractivity contribution in [3.63, 3.8) is 0 Å². The largest absolute Gasteiger partial charge is 0.390 e. The van der Waals surface area contributed by atoms with Crippen molar-refractivity contribution in [2.45, 2.75) is 38.4 Å². The number of halogens is 3. The molecule has 4 atom stereocenters. The number of anilines is 1. The molecule has 2 aliphatic rings. The predicted molar refractivity (Wildman–Crippen MR) is 86.4 cm³/mol. The lowest BCUT2D eigenvalue weighted by molar-refractivity contribution is 0.0252. The number of H-pyrrole nitrogens is 1. The van der Waals surface area contributed by atoms with Crippen molar-refractivity contribution in [3.8, 4) is 0 Å². The van der Waals surface area contributed by atoms with E-state index in [4.69, 9.17) is 21.8 Å². The standard InChI is InChI=1S/C9H9ClF2N4.C6H10O2/c1-4-6(13-2-5(11)12)7-9(15-3-14-7)16-8(4)10;7-5-2-3-1-4(3)6(5)8/h3,5H,2H2,1H3,(H2,13,14,15,16);3-8H,1-2H2. The predicted octanol–water partition coefficient (Wildman–Crippen LogP) is 2.34. The first-order chi connectivity index (χ1) is 11.4. The molecule has 0 aromatic carbocycles. The number of pyridine rings is 1. The Labute approximate surface area is 142 Å². The Morgan fingerprint density at radius 2 is 2.17 bits per heavy atom. The van der Waals surface area contributed by atoms with Gasteiger partial charge in [-0.2, -0.15) is 0 Å². The van der Waals surface area contributed by atoms with E-state index in [9.17, 15) is 8.78 Å². The number of fused-ring (bicyclic) bond motifs is 2. The van der Waals surface area contributed by atoms with Gasteiger partial charge >= 0.3 is 0 Å². The SMILES string of the molecule is Cc1c(Cl)nc2nc[nH]c2c1NCC(F)F.OC1CC2CC2C1O. The maximum absolute atomic E-state index is 12.1. The number of aromatic nitrogens is 3. The molecule has 132 valence electrons. The van der Waals surface area contributed by atoms with Gasteiger partial charge in [-0.25, -0.2) is 18.7 Å². The summed E-state index contributed by atoms with van der Waals surface area (Å²) in [5, 5.41) is 20.9. The summed E-state index contributed by atoms with van der Waals surface area (Å²) < 4.78 is 24.3. The third kappa shape index (κ3) is 3.45. The van der Waals surface area contributed by atoms with Gasteiger partial charge in [0.1, 0.15) is 10.7 Å². The highest BCUT2D eigenvalue weighted by Gasteiger charge is 2.52. The van der Waals surface area contributed by atoms with E-state index in [1.54, 1.807) is 6.92 Å². The van der Waals surface area contributed by atoms with Gasteiger partial charge in [-0.05, 0) is 31.6 Å². The van der Waals surface area contributed by atoms with E-state index in [-0.39, 0.29) is 11.3 Å². The number of nitrogens with one attached hydrogen (secondary N) is 2. The minimum absolute atomic E-state index is 0.261. The number of hydrogen-bond donors (Lipinski definition) is 4. The number of nitrogens with zero attached hydrogens (tertiary/aromatic N) is 2. The molecule has 0 radical (unpaired) electrons. The Morgan fingerprint density at radius 3 is 2.71 bits per heavy atom. The number of alkyl halides is 2. The number of aliphatic hydroxyl groups is 2. The Balaban J connectivity index is 0.000000175. The molecule has 6 nitrogen and oxygen atoms in total. The lowest BCUT2D eigenvalue weighted by Gasteiger charge is -2.10. The van der Waals surface area contributed by atoms with Crippen molar-refractivity contribution in [2.75, 3.05) is 11.9 Å². The maximum atomic E-state index is 12.1. The van der Waals surface area contributed by atoms with Crippen molar-refractivity contribution in [1.29, 1.82) is 0 Å². The number of aliphatic hydroxyl groups excluding tert-OH is 2. The lowest BCUT2D eigenvalue weighted by atomic mass is 10.2. The van der Waals surface area contributed by atoms with E-state index in [0.717, 1.165) is 12.8 Å². The van der Waals surface area contributed by atoms with Gasteiger partial charge in [0.25, 0.3) is 6.43 Å². The summed E-state index contributed by atoms with van der Waals surface area (Å²) in [4.78, 5) is 10.8. The summed E-state index contributed by atoms with van der Waals surface area (Å²) in [5.74, 6) is 1.13. The highest BCUT2D eigenvalue weighted by Crippen LogP contribution is 2.51. The second-order valence-corrected chi connectivity index (χ2v) is 6.59. The number of aromatic amines is 1. The van der Waals surface area contributed by atoms with Gasteiger partial charge in [0.05, 0.1) is 30.8 Å². The fourth-order valence-corrected chi connectivity index (χ4v) is 3.29. The second-order valence-electron chi connectivity index (χ2n) is 6.23. The highest BCUT2D eigenvalue weighted by atomic mass is 35.5. The first kappa shape index (κ1) is 17.3. The van der Waals surface area contributed by atoms with Crippen molar-refractivity contribution in [2.24, 2.45) is 11.8 Å². The molecule has 0 aliphatic heterocycles. The van der Waals surface area contributed by atoms with Gasteiger partial charge in [0.15, 0.2) is 5.65 Å². The monoisotopic (exact) mass is 360 g/mol. The van der Waals surface area contributed by atoms with Crippen LogP contribution in [0.15, 0.2) is 6.33 Å². The second kappa shape index (κ2) is 6.78. The molecule has 0 bridgehead atoms. The van der Waals surface area contributed by atoms with Gasteiger partial charge in [0, 0.05) is 5.56 Å². The molecule has 0 amide bonds. The molecule has 4 rings (SSSR count). The smallest absolute Gasteiger partial charge is 0.255 e. The van der Waals surface area contributed by atoms with Crippen LogP contribution in [0.3, 0.4) is 0 Å². The van der Waals surface area contributed by atoms with Crippen LogP contribution < -0.4 is 5.32 Å². The van der Waals surface area contributed by atoms with E-state index in [1.807, 2.05) is 0 Å². The third-order valence-corrected chi connectivity index (χ3v) is 4.91. The first-order valence-electron chi connectivity index (χ1n) is 7.75. The Hall–Kier alpha value is -1.51. The third-order valence-electron chi connectivity index (χ3n) is 4.55. The van der Waals surface area contributed by atoms with Crippen LogP contribution in [0, 0.1) is 18.8 Å². The van der Waals surface area contributed by atoms with Gasteiger partial charge < -0.3 is 20.5 Å². The van der Waals surface area contributed by atoms with Crippen LogP contribution in [0.4, 0.5) is 14.5 Å². The zero-order chi connectivity index (χ0) is 17.4. The summed E-state index contributed by atoms with van der Waals surface area (Å²) in [7, 11) is 0. The van der Waals surface area contributed by atoms with E-state index in [1.165, 1.54) is 6.33 Å². The summed E-state index contributed by atoms with van der Waals surface area (Å²) in [6.45, 7) is 1.28. The molecule has 0 saturated heterocycles. The van der Waals surface area contributed by atoms with Crippen molar-refractivity contribution in [1.82, 2.24) is 15.0 Å². The molecule has 0 spiro atoms. The molecule has 2 heterocycles. The number of hydrogen-bond acceptors (Lipinski definition) is 5. The summed E-state index contributed by atoms with van der Waals surface area (Å²) in [6, 6.07) is 0. The quantitative estimate of drug-likeness (QED) is 0.630. The van der Waals surface area contributed by atoms with Crippen LogP contribution in [0.1, 0.15) is 18.4 Å². The Kier molecular flexibility index (Phi) is 4.89. The van der Waals surface area contributed by atoms with Crippen molar-refractivity contribution < 1.29 is 19.0 Å². The molecular weight excluding hydrogens is 342 g/mol. The van der Waals surface area contributed by atoms with E-state index in [0.29, 0.717) is 34.3 Å². The molecule has 4 N–H and O–H groups in total. The molecule has 24 heavy (non-hydrogen) atoms. The molecule has 2 saturated carbocycles. The highest BCUT2D eigenvalue weighted by molar-refractivity contribution is 6.31. The Bertz CT molecular complexity index is 725.